The molecular weight excluding hydrogens is 320 g/mol. The molecule has 0 atom stereocenters. The Morgan fingerprint density at radius 2 is 1.00 bits per heavy atom. The second kappa shape index (κ2) is 8.10. The maximum Gasteiger partial charge on any atom is 0.175 e. The average Bonchev–Trinajstić information content (AvgIpc) is 2.58. The summed E-state index contributed by atoms with van der Waals surface area (Å²) in [5.74, 6) is 2.88. The highest BCUT2D eigenvalue weighted by atomic mass is 33.1. The van der Waals surface area contributed by atoms with Gasteiger partial charge in [-0.25, -0.2) is 0 Å². The van der Waals surface area contributed by atoms with Crippen LogP contribution in [0.25, 0.3) is 0 Å². The van der Waals surface area contributed by atoms with Gasteiger partial charge in [-0.1, -0.05) is 12.1 Å². The van der Waals surface area contributed by atoms with E-state index in [9.17, 15) is 0 Å². The fraction of sp³-hybridized carbons (Fsp3) is 0.250. The van der Waals surface area contributed by atoms with E-state index in [4.69, 9.17) is 18.9 Å². The number of para-hydroxylation sites is 2. The average molecular weight is 338 g/mol. The zero-order valence-electron chi connectivity index (χ0n) is 12.9. The first-order valence-electron chi connectivity index (χ1n) is 6.51. The van der Waals surface area contributed by atoms with Crippen molar-refractivity contribution in [2.75, 3.05) is 28.4 Å². The SMILES string of the molecule is COc1cccc(SSc2cccc(OC)c2OC)c1OC. The molecule has 118 valence electrons. The number of benzene rings is 2. The van der Waals surface area contributed by atoms with Gasteiger partial charge in [-0.2, -0.15) is 0 Å². The molecule has 0 aliphatic rings. The summed E-state index contributed by atoms with van der Waals surface area (Å²) in [6.45, 7) is 0. The molecule has 0 fully saturated rings. The predicted octanol–water partition coefficient (Wildman–Crippen LogP) is 4.52. The van der Waals surface area contributed by atoms with E-state index in [2.05, 4.69) is 0 Å². The fourth-order valence-corrected chi connectivity index (χ4v) is 4.23. The Morgan fingerprint density at radius 1 is 0.591 bits per heavy atom. The Kier molecular flexibility index (Phi) is 6.15. The molecule has 2 aromatic rings. The van der Waals surface area contributed by atoms with Crippen molar-refractivity contribution in [1.82, 2.24) is 0 Å². The van der Waals surface area contributed by atoms with E-state index in [1.807, 2.05) is 36.4 Å². The third-order valence-corrected chi connectivity index (χ3v) is 5.37. The normalized spacial score (nSPS) is 10.2. The summed E-state index contributed by atoms with van der Waals surface area (Å²) in [4.78, 5) is 1.97. The zero-order valence-corrected chi connectivity index (χ0v) is 14.5. The van der Waals surface area contributed by atoms with E-state index in [1.54, 1.807) is 50.0 Å². The predicted molar refractivity (Wildman–Crippen MR) is 90.8 cm³/mol. The van der Waals surface area contributed by atoms with Crippen LogP contribution >= 0.6 is 21.6 Å². The van der Waals surface area contributed by atoms with Crippen LogP contribution in [0.2, 0.25) is 0 Å². The Bertz CT molecular complexity index is 576. The minimum Gasteiger partial charge on any atom is -0.493 e. The van der Waals surface area contributed by atoms with Crippen LogP contribution in [0.5, 0.6) is 23.0 Å². The highest BCUT2D eigenvalue weighted by molar-refractivity contribution is 8.76. The van der Waals surface area contributed by atoms with Gasteiger partial charge in [0.25, 0.3) is 0 Å². The van der Waals surface area contributed by atoms with Gasteiger partial charge in [0, 0.05) is 0 Å². The van der Waals surface area contributed by atoms with Gasteiger partial charge in [0.2, 0.25) is 0 Å². The molecule has 0 aliphatic carbocycles. The fourth-order valence-electron chi connectivity index (χ4n) is 1.94. The molecule has 0 heterocycles. The molecule has 0 N–H and O–H groups in total. The zero-order chi connectivity index (χ0) is 15.9. The van der Waals surface area contributed by atoms with E-state index < -0.39 is 0 Å². The molecule has 2 rings (SSSR count). The first-order chi connectivity index (χ1) is 10.7. The van der Waals surface area contributed by atoms with E-state index in [-0.39, 0.29) is 0 Å². The maximum absolute atomic E-state index is 5.44. The van der Waals surface area contributed by atoms with E-state index in [1.165, 1.54) is 0 Å². The van der Waals surface area contributed by atoms with E-state index in [0.717, 1.165) is 21.3 Å². The summed E-state index contributed by atoms with van der Waals surface area (Å²) in [7, 11) is 9.69. The van der Waals surface area contributed by atoms with Crippen molar-refractivity contribution >= 4 is 21.6 Å². The molecule has 0 aromatic heterocycles. The molecule has 22 heavy (non-hydrogen) atoms. The Labute approximate surface area is 138 Å². The Morgan fingerprint density at radius 3 is 1.32 bits per heavy atom. The van der Waals surface area contributed by atoms with Gasteiger partial charge in [0.15, 0.2) is 23.0 Å². The summed E-state index contributed by atoms with van der Waals surface area (Å²) in [5.41, 5.74) is 0. The minimum absolute atomic E-state index is 0.714. The van der Waals surface area contributed by atoms with Crippen molar-refractivity contribution in [3.63, 3.8) is 0 Å². The van der Waals surface area contributed by atoms with Crippen molar-refractivity contribution in [1.29, 1.82) is 0 Å². The maximum atomic E-state index is 5.44. The van der Waals surface area contributed by atoms with Crippen molar-refractivity contribution < 1.29 is 18.9 Å². The molecule has 0 spiro atoms. The molecule has 2 aromatic carbocycles. The van der Waals surface area contributed by atoms with Crippen molar-refractivity contribution in [3.05, 3.63) is 36.4 Å². The monoisotopic (exact) mass is 338 g/mol. The molecule has 6 heteroatoms. The first-order valence-corrected chi connectivity index (χ1v) is 8.66. The number of ether oxygens (including phenoxy) is 4. The molecule has 0 amide bonds. The Balaban J connectivity index is 2.24. The second-order valence-electron chi connectivity index (χ2n) is 4.15. The highest BCUT2D eigenvalue weighted by Crippen LogP contribution is 2.49. The van der Waals surface area contributed by atoms with Gasteiger partial charge in [-0.05, 0) is 45.9 Å². The quantitative estimate of drug-likeness (QED) is 0.691. The summed E-state index contributed by atoms with van der Waals surface area (Å²) in [6, 6.07) is 11.6. The van der Waals surface area contributed by atoms with Crippen molar-refractivity contribution in [3.8, 4) is 23.0 Å². The molecule has 0 unspecified atom stereocenters. The Hall–Kier alpha value is -1.66. The highest BCUT2D eigenvalue weighted by Gasteiger charge is 2.14. The summed E-state index contributed by atoms with van der Waals surface area (Å²) in [5, 5.41) is 0. The van der Waals surface area contributed by atoms with Crippen LogP contribution in [0.3, 0.4) is 0 Å². The van der Waals surface area contributed by atoms with Crippen molar-refractivity contribution in [2.45, 2.75) is 9.79 Å². The third kappa shape index (κ3) is 3.56. The van der Waals surface area contributed by atoms with Crippen LogP contribution < -0.4 is 18.9 Å². The largest absolute Gasteiger partial charge is 0.493 e. The van der Waals surface area contributed by atoms with Crippen LogP contribution in [-0.4, -0.2) is 28.4 Å². The standard InChI is InChI=1S/C16H18O4S2/c1-17-11-7-5-9-13(15(11)19-3)21-22-14-10-6-8-12(18-2)16(14)20-4/h5-10H,1-4H3. The molecule has 4 nitrogen and oxygen atoms in total. The molecule has 0 saturated carbocycles. The summed E-state index contributed by atoms with van der Waals surface area (Å²) >= 11 is 0. The molecule has 0 radical (unpaired) electrons. The van der Waals surface area contributed by atoms with Crippen molar-refractivity contribution in [2.24, 2.45) is 0 Å². The van der Waals surface area contributed by atoms with E-state index >= 15 is 0 Å². The smallest absolute Gasteiger partial charge is 0.175 e. The molecule has 0 bridgehead atoms. The molecule has 0 aliphatic heterocycles. The summed E-state index contributed by atoms with van der Waals surface area (Å²) in [6.07, 6.45) is 0. The molecule has 0 saturated heterocycles. The topological polar surface area (TPSA) is 36.9 Å². The number of hydrogen-bond donors (Lipinski definition) is 0. The van der Waals surface area contributed by atoms with Crippen LogP contribution in [0.1, 0.15) is 0 Å². The lowest BCUT2D eigenvalue weighted by molar-refractivity contribution is 0.348. The van der Waals surface area contributed by atoms with Gasteiger partial charge in [-0.15, -0.1) is 0 Å². The van der Waals surface area contributed by atoms with Gasteiger partial charge < -0.3 is 18.9 Å². The van der Waals surface area contributed by atoms with Crippen LogP contribution in [0.15, 0.2) is 46.2 Å². The number of methoxy groups -OCH3 is 4. The lowest BCUT2D eigenvalue weighted by Crippen LogP contribution is -1.92. The lowest BCUT2D eigenvalue weighted by Gasteiger charge is -2.13. The third-order valence-electron chi connectivity index (χ3n) is 2.95. The number of rotatable bonds is 7. The second-order valence-corrected chi connectivity index (χ2v) is 6.36. The van der Waals surface area contributed by atoms with E-state index in [0.29, 0.717) is 11.5 Å². The molecular formula is C16H18O4S2. The first kappa shape index (κ1) is 16.7. The summed E-state index contributed by atoms with van der Waals surface area (Å²) < 4.78 is 21.5. The van der Waals surface area contributed by atoms with Crippen LogP contribution in [0, 0.1) is 0 Å². The minimum atomic E-state index is 0.714. The van der Waals surface area contributed by atoms with Gasteiger partial charge in [0.05, 0.1) is 38.2 Å². The van der Waals surface area contributed by atoms with Gasteiger partial charge >= 0.3 is 0 Å². The van der Waals surface area contributed by atoms with Crippen LogP contribution in [-0.2, 0) is 0 Å². The number of hydrogen-bond acceptors (Lipinski definition) is 6. The van der Waals surface area contributed by atoms with Gasteiger partial charge in [0.1, 0.15) is 0 Å². The lowest BCUT2D eigenvalue weighted by atomic mass is 10.3. The van der Waals surface area contributed by atoms with Crippen LogP contribution in [0.4, 0.5) is 0 Å². The van der Waals surface area contributed by atoms with Gasteiger partial charge in [-0.3, -0.25) is 0 Å².